The van der Waals surface area contributed by atoms with E-state index in [0.29, 0.717) is 13.0 Å². The van der Waals surface area contributed by atoms with Crippen LogP contribution < -0.4 is 5.32 Å². The molecular weight excluding hydrogens is 216 g/mol. The largest absolute Gasteiger partial charge is 0.508 e. The zero-order valence-corrected chi connectivity index (χ0v) is 10.4. The standard InChI is InChI=1S/C13H20N2O2/c1-3-15(2)8-7-14-13(17)10-11-5-4-6-12(16)9-11/h4-6,9,16H,3,7-8,10H2,1-2H3,(H,14,17). The number of nitrogens with zero attached hydrogens (tertiary/aromatic N) is 1. The lowest BCUT2D eigenvalue weighted by Gasteiger charge is -2.13. The van der Waals surface area contributed by atoms with Gasteiger partial charge in [0, 0.05) is 13.1 Å². The number of rotatable bonds is 6. The minimum atomic E-state index is -0.0138. The first-order valence-corrected chi connectivity index (χ1v) is 5.85. The van der Waals surface area contributed by atoms with Crippen LogP contribution in [-0.4, -0.2) is 42.6 Å². The highest BCUT2D eigenvalue weighted by Gasteiger charge is 2.03. The number of benzene rings is 1. The average molecular weight is 236 g/mol. The number of hydrogen-bond acceptors (Lipinski definition) is 3. The molecular formula is C13H20N2O2. The molecule has 4 nitrogen and oxygen atoms in total. The fourth-order valence-corrected chi connectivity index (χ4v) is 1.46. The van der Waals surface area contributed by atoms with Crippen LogP contribution in [0.3, 0.4) is 0 Å². The van der Waals surface area contributed by atoms with E-state index in [0.717, 1.165) is 18.7 Å². The lowest BCUT2D eigenvalue weighted by atomic mass is 10.1. The van der Waals surface area contributed by atoms with Crippen LogP contribution in [-0.2, 0) is 11.2 Å². The van der Waals surface area contributed by atoms with Crippen LogP contribution in [0.5, 0.6) is 5.75 Å². The molecule has 2 N–H and O–H groups in total. The predicted molar refractivity (Wildman–Crippen MR) is 68.0 cm³/mol. The minimum absolute atomic E-state index is 0.0138. The molecule has 0 unspecified atom stereocenters. The number of phenols is 1. The molecule has 0 aliphatic carbocycles. The number of likely N-dealkylation sites (N-methyl/N-ethyl adjacent to an activating group) is 1. The summed E-state index contributed by atoms with van der Waals surface area (Å²) in [5.74, 6) is 0.182. The fourth-order valence-electron chi connectivity index (χ4n) is 1.46. The molecule has 1 rings (SSSR count). The first kappa shape index (κ1) is 13.5. The predicted octanol–water partition coefficient (Wildman–Crippen LogP) is 1.00. The van der Waals surface area contributed by atoms with Crippen molar-refractivity contribution in [2.24, 2.45) is 0 Å². The number of aromatic hydroxyl groups is 1. The Labute approximate surface area is 102 Å². The van der Waals surface area contributed by atoms with Crippen molar-refractivity contribution in [1.29, 1.82) is 0 Å². The molecule has 4 heteroatoms. The van der Waals surface area contributed by atoms with Crippen LogP contribution in [0.4, 0.5) is 0 Å². The molecule has 0 saturated carbocycles. The van der Waals surface area contributed by atoms with E-state index in [1.807, 2.05) is 13.1 Å². The third-order valence-corrected chi connectivity index (χ3v) is 2.63. The van der Waals surface area contributed by atoms with Gasteiger partial charge in [-0.05, 0) is 31.3 Å². The maximum absolute atomic E-state index is 11.6. The zero-order valence-electron chi connectivity index (χ0n) is 10.4. The van der Waals surface area contributed by atoms with E-state index < -0.39 is 0 Å². The quantitative estimate of drug-likeness (QED) is 0.775. The number of amides is 1. The van der Waals surface area contributed by atoms with E-state index >= 15 is 0 Å². The van der Waals surface area contributed by atoms with Gasteiger partial charge >= 0.3 is 0 Å². The van der Waals surface area contributed by atoms with Gasteiger partial charge in [-0.1, -0.05) is 19.1 Å². The Morgan fingerprint density at radius 3 is 2.88 bits per heavy atom. The molecule has 1 aromatic rings. The monoisotopic (exact) mass is 236 g/mol. The summed E-state index contributed by atoms with van der Waals surface area (Å²) in [6.07, 6.45) is 0.310. The first-order chi connectivity index (χ1) is 8.11. The number of carbonyl (C=O) groups is 1. The van der Waals surface area contributed by atoms with Crippen LogP contribution in [0.2, 0.25) is 0 Å². The minimum Gasteiger partial charge on any atom is -0.508 e. The molecule has 0 fully saturated rings. The van der Waals surface area contributed by atoms with E-state index in [9.17, 15) is 9.90 Å². The molecule has 94 valence electrons. The fraction of sp³-hybridized carbons (Fsp3) is 0.462. The summed E-state index contributed by atoms with van der Waals surface area (Å²) in [5.41, 5.74) is 0.825. The molecule has 17 heavy (non-hydrogen) atoms. The number of carbonyl (C=O) groups excluding carboxylic acids is 1. The van der Waals surface area contributed by atoms with Crippen molar-refractivity contribution in [3.8, 4) is 5.75 Å². The Morgan fingerprint density at radius 2 is 2.24 bits per heavy atom. The van der Waals surface area contributed by atoms with E-state index in [1.165, 1.54) is 0 Å². The highest BCUT2D eigenvalue weighted by molar-refractivity contribution is 5.78. The van der Waals surface area contributed by atoms with Gasteiger partial charge in [0.15, 0.2) is 0 Å². The van der Waals surface area contributed by atoms with E-state index in [2.05, 4.69) is 17.1 Å². The highest BCUT2D eigenvalue weighted by atomic mass is 16.3. The number of nitrogens with one attached hydrogen (secondary N) is 1. The molecule has 0 aliphatic heterocycles. The lowest BCUT2D eigenvalue weighted by molar-refractivity contribution is -0.120. The average Bonchev–Trinajstić information content (AvgIpc) is 2.28. The third kappa shape index (κ3) is 5.36. The second-order valence-corrected chi connectivity index (χ2v) is 4.09. The summed E-state index contributed by atoms with van der Waals surface area (Å²) >= 11 is 0. The summed E-state index contributed by atoms with van der Waals surface area (Å²) in [5, 5.41) is 12.1. The molecule has 1 aromatic carbocycles. The molecule has 0 saturated heterocycles. The van der Waals surface area contributed by atoms with Gasteiger partial charge in [0.1, 0.15) is 5.75 Å². The smallest absolute Gasteiger partial charge is 0.224 e. The van der Waals surface area contributed by atoms with Gasteiger partial charge in [0.05, 0.1) is 6.42 Å². The van der Waals surface area contributed by atoms with Gasteiger partial charge in [-0.25, -0.2) is 0 Å². The van der Waals surface area contributed by atoms with Crippen LogP contribution in [0.1, 0.15) is 12.5 Å². The molecule has 0 radical (unpaired) electrons. The topological polar surface area (TPSA) is 52.6 Å². The summed E-state index contributed by atoms with van der Waals surface area (Å²) in [7, 11) is 2.02. The Balaban J connectivity index is 2.30. The van der Waals surface area contributed by atoms with Crippen molar-refractivity contribution in [2.45, 2.75) is 13.3 Å². The normalized spacial score (nSPS) is 10.5. The molecule has 0 heterocycles. The van der Waals surface area contributed by atoms with Crippen LogP contribution in [0.15, 0.2) is 24.3 Å². The Bertz CT molecular complexity index is 366. The molecule has 0 spiro atoms. The summed E-state index contributed by atoms with van der Waals surface area (Å²) in [6, 6.07) is 6.77. The SMILES string of the molecule is CCN(C)CCNC(=O)Cc1cccc(O)c1. The summed E-state index contributed by atoms with van der Waals surface area (Å²) in [6.45, 7) is 4.56. The van der Waals surface area contributed by atoms with Gasteiger partial charge in [-0.3, -0.25) is 4.79 Å². The van der Waals surface area contributed by atoms with E-state index in [-0.39, 0.29) is 11.7 Å². The van der Waals surface area contributed by atoms with Gasteiger partial charge < -0.3 is 15.3 Å². The lowest BCUT2D eigenvalue weighted by Crippen LogP contribution is -2.33. The second-order valence-electron chi connectivity index (χ2n) is 4.09. The molecule has 0 aromatic heterocycles. The third-order valence-electron chi connectivity index (χ3n) is 2.63. The van der Waals surface area contributed by atoms with Gasteiger partial charge in [-0.2, -0.15) is 0 Å². The maximum Gasteiger partial charge on any atom is 0.224 e. The van der Waals surface area contributed by atoms with Crippen molar-refractivity contribution in [2.75, 3.05) is 26.7 Å². The first-order valence-electron chi connectivity index (χ1n) is 5.85. The Morgan fingerprint density at radius 1 is 1.47 bits per heavy atom. The van der Waals surface area contributed by atoms with Crippen molar-refractivity contribution in [1.82, 2.24) is 10.2 Å². The van der Waals surface area contributed by atoms with E-state index in [1.54, 1.807) is 18.2 Å². The van der Waals surface area contributed by atoms with Crippen LogP contribution in [0, 0.1) is 0 Å². The summed E-state index contributed by atoms with van der Waals surface area (Å²) < 4.78 is 0. The van der Waals surface area contributed by atoms with E-state index in [4.69, 9.17) is 0 Å². The van der Waals surface area contributed by atoms with Crippen LogP contribution >= 0.6 is 0 Å². The Hall–Kier alpha value is -1.55. The van der Waals surface area contributed by atoms with Gasteiger partial charge in [0.25, 0.3) is 0 Å². The van der Waals surface area contributed by atoms with Gasteiger partial charge in [-0.15, -0.1) is 0 Å². The zero-order chi connectivity index (χ0) is 12.7. The van der Waals surface area contributed by atoms with Gasteiger partial charge in [0.2, 0.25) is 5.91 Å². The molecule has 1 amide bonds. The maximum atomic E-state index is 11.6. The van der Waals surface area contributed by atoms with Crippen molar-refractivity contribution in [3.63, 3.8) is 0 Å². The molecule has 0 aliphatic rings. The summed E-state index contributed by atoms with van der Waals surface area (Å²) in [4.78, 5) is 13.7. The molecule has 0 atom stereocenters. The second kappa shape index (κ2) is 6.91. The molecule has 0 bridgehead atoms. The van der Waals surface area contributed by atoms with Crippen molar-refractivity contribution >= 4 is 5.91 Å². The highest BCUT2D eigenvalue weighted by Crippen LogP contribution is 2.10. The Kier molecular flexibility index (Phi) is 5.49. The van der Waals surface area contributed by atoms with Crippen molar-refractivity contribution < 1.29 is 9.90 Å². The number of phenolic OH excluding ortho intramolecular Hbond substituents is 1. The number of hydrogen-bond donors (Lipinski definition) is 2. The van der Waals surface area contributed by atoms with Crippen molar-refractivity contribution in [3.05, 3.63) is 29.8 Å². The van der Waals surface area contributed by atoms with Crippen LogP contribution in [0.25, 0.3) is 0 Å².